The number of allylic oxidation sites excluding steroid dienone is 1. The molecule has 0 fully saturated rings. The van der Waals surface area contributed by atoms with Gasteiger partial charge in [0.15, 0.2) is 11.5 Å². The lowest BCUT2D eigenvalue weighted by Crippen LogP contribution is -1.99. The second kappa shape index (κ2) is 12.0. The molecule has 1 aromatic heterocycles. The van der Waals surface area contributed by atoms with Gasteiger partial charge in [-0.05, 0) is 54.8 Å². The van der Waals surface area contributed by atoms with Gasteiger partial charge in [0, 0.05) is 0 Å². The maximum atomic E-state index is 9.70. The number of methoxy groups -OCH3 is 1. The summed E-state index contributed by atoms with van der Waals surface area (Å²) in [5.41, 5.74) is 4.24. The molecule has 0 saturated heterocycles. The van der Waals surface area contributed by atoms with Gasteiger partial charge in [0.2, 0.25) is 0 Å². The van der Waals surface area contributed by atoms with Crippen LogP contribution < -0.4 is 9.47 Å². The topological polar surface area (TPSA) is 70.9 Å². The zero-order valence-corrected chi connectivity index (χ0v) is 19.4. The summed E-state index contributed by atoms with van der Waals surface area (Å²) in [5.74, 6) is 1.96. The highest BCUT2D eigenvalue weighted by Crippen LogP contribution is 2.30. The summed E-state index contributed by atoms with van der Waals surface area (Å²) < 4.78 is 11.5. The minimum absolute atomic E-state index is 0.470. The molecule has 5 heteroatoms. The number of aromatic amines is 1. The Kier molecular flexibility index (Phi) is 8.74. The van der Waals surface area contributed by atoms with E-state index in [0.717, 1.165) is 34.3 Å². The van der Waals surface area contributed by atoms with Gasteiger partial charge < -0.3 is 14.5 Å². The number of fused-ring (bicyclic) bond motifs is 1. The first-order valence-corrected chi connectivity index (χ1v) is 11.5. The molecular weight excluding hydrogens is 398 g/mol. The monoisotopic (exact) mass is 431 g/mol. The fraction of sp³-hybridized carbons (Fsp3) is 0.407. The standard InChI is InChI=1S/C27H33N3O2/c1-4-5-6-7-8-9-10-15-32-25-14-12-21(18-26(25)31-3)17-22(19-28)27-29-23-13-11-20(2)16-24(23)30-27/h11-14,16-18H,4-10,15H2,1-3H3,(H,29,30)/b22-17-. The molecule has 168 valence electrons. The summed E-state index contributed by atoms with van der Waals surface area (Å²) in [6, 6.07) is 14.0. The van der Waals surface area contributed by atoms with E-state index in [2.05, 4.69) is 23.0 Å². The number of benzene rings is 2. The fourth-order valence-corrected chi connectivity index (χ4v) is 3.71. The summed E-state index contributed by atoms with van der Waals surface area (Å²) in [4.78, 5) is 7.81. The molecular formula is C27H33N3O2. The van der Waals surface area contributed by atoms with Crippen LogP contribution in [-0.4, -0.2) is 23.7 Å². The van der Waals surface area contributed by atoms with Crippen LogP contribution in [0, 0.1) is 18.3 Å². The van der Waals surface area contributed by atoms with Gasteiger partial charge in [0.25, 0.3) is 0 Å². The van der Waals surface area contributed by atoms with Crippen LogP contribution in [0.1, 0.15) is 68.8 Å². The number of H-pyrrole nitrogens is 1. The van der Waals surface area contributed by atoms with Crippen molar-refractivity contribution in [2.24, 2.45) is 0 Å². The van der Waals surface area contributed by atoms with E-state index in [0.29, 0.717) is 23.8 Å². The Hall–Kier alpha value is -3.26. The third-order valence-electron chi connectivity index (χ3n) is 5.52. The van der Waals surface area contributed by atoms with Gasteiger partial charge in [-0.1, -0.05) is 57.6 Å². The molecule has 1 heterocycles. The molecule has 0 bridgehead atoms. The Balaban J connectivity index is 1.64. The average molecular weight is 432 g/mol. The second-order valence-electron chi connectivity index (χ2n) is 8.16. The van der Waals surface area contributed by atoms with Crippen molar-refractivity contribution in [2.75, 3.05) is 13.7 Å². The molecule has 2 aromatic carbocycles. The van der Waals surface area contributed by atoms with Crippen molar-refractivity contribution >= 4 is 22.7 Å². The van der Waals surface area contributed by atoms with Gasteiger partial charge in [-0.25, -0.2) is 4.98 Å². The van der Waals surface area contributed by atoms with Crippen molar-refractivity contribution in [3.63, 3.8) is 0 Å². The predicted molar refractivity (Wildman–Crippen MR) is 131 cm³/mol. The van der Waals surface area contributed by atoms with E-state index in [1.807, 2.05) is 49.4 Å². The van der Waals surface area contributed by atoms with Crippen molar-refractivity contribution in [1.82, 2.24) is 9.97 Å². The van der Waals surface area contributed by atoms with E-state index >= 15 is 0 Å². The van der Waals surface area contributed by atoms with E-state index in [9.17, 15) is 5.26 Å². The van der Waals surface area contributed by atoms with Gasteiger partial charge >= 0.3 is 0 Å². The Morgan fingerprint density at radius 3 is 2.56 bits per heavy atom. The van der Waals surface area contributed by atoms with Crippen LogP contribution in [0.2, 0.25) is 0 Å². The summed E-state index contributed by atoms with van der Waals surface area (Å²) in [6.45, 7) is 4.95. The van der Waals surface area contributed by atoms with Crippen LogP contribution in [0.5, 0.6) is 11.5 Å². The van der Waals surface area contributed by atoms with E-state index in [1.165, 1.54) is 38.5 Å². The highest BCUT2D eigenvalue weighted by molar-refractivity contribution is 5.90. The molecule has 0 unspecified atom stereocenters. The van der Waals surface area contributed by atoms with Gasteiger partial charge in [-0.2, -0.15) is 5.26 Å². The van der Waals surface area contributed by atoms with E-state index in [4.69, 9.17) is 9.47 Å². The van der Waals surface area contributed by atoms with E-state index in [1.54, 1.807) is 7.11 Å². The lowest BCUT2D eigenvalue weighted by molar-refractivity contribution is 0.284. The molecule has 0 saturated carbocycles. The number of rotatable bonds is 12. The Bertz CT molecular complexity index is 1090. The van der Waals surface area contributed by atoms with Crippen LogP contribution in [0.4, 0.5) is 0 Å². The number of imidazole rings is 1. The quantitative estimate of drug-likeness (QED) is 0.246. The molecule has 32 heavy (non-hydrogen) atoms. The molecule has 0 amide bonds. The first-order chi connectivity index (χ1) is 15.6. The molecule has 0 atom stereocenters. The Morgan fingerprint density at radius 1 is 1.03 bits per heavy atom. The lowest BCUT2D eigenvalue weighted by atomic mass is 10.1. The molecule has 0 spiro atoms. The molecule has 1 N–H and O–H groups in total. The Labute approximate surface area is 191 Å². The number of ether oxygens (including phenoxy) is 2. The minimum Gasteiger partial charge on any atom is -0.493 e. The maximum Gasteiger partial charge on any atom is 0.161 e. The van der Waals surface area contributed by atoms with Gasteiger partial charge in [-0.15, -0.1) is 0 Å². The second-order valence-corrected chi connectivity index (χ2v) is 8.16. The van der Waals surface area contributed by atoms with Crippen LogP contribution in [-0.2, 0) is 0 Å². The maximum absolute atomic E-state index is 9.70. The fourth-order valence-electron chi connectivity index (χ4n) is 3.71. The first-order valence-electron chi connectivity index (χ1n) is 11.5. The number of unbranched alkanes of at least 4 members (excludes halogenated alkanes) is 6. The highest BCUT2D eigenvalue weighted by Gasteiger charge is 2.10. The molecule has 3 rings (SSSR count). The Morgan fingerprint density at radius 2 is 1.81 bits per heavy atom. The SMILES string of the molecule is CCCCCCCCCOc1ccc(/C=C(/C#N)c2nc3ccc(C)cc3[nH]2)cc1OC. The van der Waals surface area contributed by atoms with Crippen molar-refractivity contribution in [3.8, 4) is 17.6 Å². The third-order valence-corrected chi connectivity index (χ3v) is 5.52. The molecule has 5 nitrogen and oxygen atoms in total. The minimum atomic E-state index is 0.470. The summed E-state index contributed by atoms with van der Waals surface area (Å²) in [5, 5.41) is 9.70. The first kappa shape index (κ1) is 23.4. The molecule has 0 aliphatic rings. The van der Waals surface area contributed by atoms with Crippen molar-refractivity contribution in [3.05, 3.63) is 53.3 Å². The summed E-state index contributed by atoms with van der Waals surface area (Å²) >= 11 is 0. The van der Waals surface area contributed by atoms with Gasteiger partial charge in [0.05, 0.1) is 30.3 Å². The third kappa shape index (κ3) is 6.37. The number of aromatic nitrogens is 2. The van der Waals surface area contributed by atoms with Crippen LogP contribution in [0.25, 0.3) is 22.7 Å². The normalized spacial score (nSPS) is 11.5. The van der Waals surface area contributed by atoms with E-state index < -0.39 is 0 Å². The van der Waals surface area contributed by atoms with Crippen LogP contribution >= 0.6 is 0 Å². The number of nitrogens with zero attached hydrogens (tertiary/aromatic N) is 2. The van der Waals surface area contributed by atoms with Crippen molar-refractivity contribution in [2.45, 2.75) is 58.8 Å². The van der Waals surface area contributed by atoms with Crippen LogP contribution in [0.15, 0.2) is 36.4 Å². The number of hydrogen-bond donors (Lipinski definition) is 1. The molecule has 0 aliphatic carbocycles. The number of hydrogen-bond acceptors (Lipinski definition) is 4. The number of aryl methyl sites for hydroxylation is 1. The van der Waals surface area contributed by atoms with Crippen molar-refractivity contribution < 1.29 is 9.47 Å². The average Bonchev–Trinajstić information content (AvgIpc) is 3.22. The molecule has 3 aromatic rings. The summed E-state index contributed by atoms with van der Waals surface area (Å²) in [7, 11) is 1.64. The summed E-state index contributed by atoms with van der Waals surface area (Å²) in [6.07, 6.45) is 10.6. The van der Waals surface area contributed by atoms with Crippen molar-refractivity contribution in [1.29, 1.82) is 5.26 Å². The highest BCUT2D eigenvalue weighted by atomic mass is 16.5. The zero-order chi connectivity index (χ0) is 22.8. The van der Waals surface area contributed by atoms with E-state index in [-0.39, 0.29) is 0 Å². The smallest absolute Gasteiger partial charge is 0.161 e. The molecule has 0 aliphatic heterocycles. The largest absolute Gasteiger partial charge is 0.493 e. The van der Waals surface area contributed by atoms with Crippen LogP contribution in [0.3, 0.4) is 0 Å². The predicted octanol–water partition coefficient (Wildman–Crippen LogP) is 7.07. The van der Waals surface area contributed by atoms with Gasteiger partial charge in [0.1, 0.15) is 11.9 Å². The number of nitrogens with one attached hydrogen (secondary N) is 1. The lowest BCUT2D eigenvalue weighted by Gasteiger charge is -2.11. The number of nitriles is 1. The van der Waals surface area contributed by atoms with Gasteiger partial charge in [-0.3, -0.25) is 0 Å². The zero-order valence-electron chi connectivity index (χ0n) is 19.4. The molecule has 0 radical (unpaired) electrons.